The van der Waals surface area contributed by atoms with E-state index in [-0.39, 0.29) is 23.7 Å². The molecule has 96 valence electrons. The fraction of sp³-hybridized carbons (Fsp3) is 0.833. The fourth-order valence-corrected chi connectivity index (χ4v) is 2.64. The quantitative estimate of drug-likeness (QED) is 0.683. The monoisotopic (exact) mass is 241 g/mol. The minimum absolute atomic E-state index is 0.00940. The van der Waals surface area contributed by atoms with Gasteiger partial charge in [-0.2, -0.15) is 5.06 Å². The number of carbonyl (C=O) groups is 2. The van der Waals surface area contributed by atoms with Gasteiger partial charge in [0.05, 0.1) is 13.2 Å². The van der Waals surface area contributed by atoms with Gasteiger partial charge in [0, 0.05) is 12.5 Å². The maximum atomic E-state index is 12.0. The molecule has 0 unspecified atom stereocenters. The molecule has 0 amide bonds. The number of hydrogen-bond acceptors (Lipinski definition) is 5. The van der Waals surface area contributed by atoms with Crippen LogP contribution in [0.15, 0.2) is 0 Å². The van der Waals surface area contributed by atoms with Gasteiger partial charge >= 0.3 is 5.97 Å². The highest BCUT2D eigenvalue weighted by atomic mass is 16.7. The largest absolute Gasteiger partial charge is 0.469 e. The molecule has 0 aromatic carbocycles. The van der Waals surface area contributed by atoms with Gasteiger partial charge in [-0.15, -0.1) is 0 Å². The highest BCUT2D eigenvalue weighted by molar-refractivity contribution is 5.90. The van der Waals surface area contributed by atoms with Crippen molar-refractivity contribution >= 4 is 11.8 Å². The fourth-order valence-electron chi connectivity index (χ4n) is 2.64. The number of nitrogens with zero attached hydrogens (tertiary/aromatic N) is 1. The summed E-state index contributed by atoms with van der Waals surface area (Å²) < 4.78 is 4.80. The second-order valence-corrected chi connectivity index (χ2v) is 4.98. The molecule has 0 radical (unpaired) electrons. The molecule has 0 spiro atoms. The minimum Gasteiger partial charge on any atom is -0.469 e. The molecule has 2 saturated heterocycles. The van der Waals surface area contributed by atoms with Gasteiger partial charge in [0.25, 0.3) is 0 Å². The summed E-state index contributed by atoms with van der Waals surface area (Å²) in [7, 11) is 1.36. The first-order chi connectivity index (χ1) is 8.06. The molecule has 0 aliphatic carbocycles. The van der Waals surface area contributed by atoms with E-state index in [9.17, 15) is 9.59 Å². The van der Waals surface area contributed by atoms with Crippen molar-refractivity contribution in [2.24, 2.45) is 11.8 Å². The van der Waals surface area contributed by atoms with Crippen LogP contribution in [0.1, 0.15) is 26.7 Å². The molecule has 0 aromatic heterocycles. The van der Waals surface area contributed by atoms with Gasteiger partial charge in [-0.1, -0.05) is 13.8 Å². The Hall–Kier alpha value is -0.940. The molecule has 17 heavy (non-hydrogen) atoms. The number of carbonyl (C=O) groups excluding carboxylic acids is 2. The van der Waals surface area contributed by atoms with Gasteiger partial charge in [-0.05, 0) is 12.8 Å². The van der Waals surface area contributed by atoms with Crippen molar-refractivity contribution in [3.63, 3.8) is 0 Å². The van der Waals surface area contributed by atoms with Gasteiger partial charge < -0.3 is 4.74 Å². The Balaban J connectivity index is 2.20. The number of rotatable bonds is 3. The molecule has 0 aromatic rings. The van der Waals surface area contributed by atoms with Gasteiger partial charge in [0.2, 0.25) is 0 Å². The predicted molar refractivity (Wildman–Crippen MR) is 60.0 cm³/mol. The predicted octanol–water partition coefficient (Wildman–Crippen LogP) is 0.779. The third-order valence-electron chi connectivity index (χ3n) is 3.56. The first-order valence-corrected chi connectivity index (χ1v) is 6.11. The van der Waals surface area contributed by atoms with Crippen LogP contribution in [0.3, 0.4) is 0 Å². The van der Waals surface area contributed by atoms with Gasteiger partial charge in [0.1, 0.15) is 5.92 Å². The van der Waals surface area contributed by atoms with Crippen LogP contribution in [0.25, 0.3) is 0 Å². The highest BCUT2D eigenvalue weighted by Crippen LogP contribution is 2.37. The number of hydroxylamine groups is 2. The van der Waals surface area contributed by atoms with Crippen LogP contribution in [0.4, 0.5) is 0 Å². The summed E-state index contributed by atoms with van der Waals surface area (Å²) >= 11 is 0. The molecule has 3 atom stereocenters. The Morgan fingerprint density at radius 3 is 2.71 bits per heavy atom. The lowest BCUT2D eigenvalue weighted by Gasteiger charge is -2.18. The summed E-state index contributed by atoms with van der Waals surface area (Å²) in [6.45, 7) is 4.44. The van der Waals surface area contributed by atoms with Crippen LogP contribution in [0, 0.1) is 11.8 Å². The molecule has 5 nitrogen and oxygen atoms in total. The Morgan fingerprint density at radius 1 is 1.41 bits per heavy atom. The second kappa shape index (κ2) is 4.74. The summed E-state index contributed by atoms with van der Waals surface area (Å²) in [5.41, 5.74) is 0. The highest BCUT2D eigenvalue weighted by Gasteiger charge is 2.52. The molecule has 2 aliphatic heterocycles. The summed E-state index contributed by atoms with van der Waals surface area (Å²) in [5, 5.41) is 1.78. The van der Waals surface area contributed by atoms with Gasteiger partial charge in [-0.3, -0.25) is 14.4 Å². The van der Waals surface area contributed by atoms with Crippen molar-refractivity contribution in [1.82, 2.24) is 5.06 Å². The Bertz CT molecular complexity index is 328. The number of Topliss-reactive ketones (excluding diaryl/α,β-unsaturated/α-hetero) is 1. The molecule has 0 saturated carbocycles. The molecule has 2 fully saturated rings. The number of fused-ring (bicyclic) bond motifs is 1. The molecule has 2 aliphatic rings. The first kappa shape index (κ1) is 12.5. The molecular formula is C12H19NO4. The molecule has 5 heteroatoms. The van der Waals surface area contributed by atoms with E-state index in [1.165, 1.54) is 7.11 Å². The molecule has 0 bridgehead atoms. The van der Waals surface area contributed by atoms with Crippen molar-refractivity contribution in [2.75, 3.05) is 13.7 Å². The molecule has 2 rings (SSSR count). The SMILES string of the molecule is COC(=O)[C@@H]1[C@H]2CCCN2O[C@H]1C(=O)C(C)C. The van der Waals surface area contributed by atoms with E-state index in [4.69, 9.17) is 9.57 Å². The normalized spacial score (nSPS) is 32.8. The lowest BCUT2D eigenvalue weighted by molar-refractivity contribution is -0.169. The van der Waals surface area contributed by atoms with Crippen molar-refractivity contribution < 1.29 is 19.2 Å². The lowest BCUT2D eigenvalue weighted by atomic mass is 9.88. The first-order valence-electron chi connectivity index (χ1n) is 6.11. The van der Waals surface area contributed by atoms with Crippen molar-refractivity contribution in [2.45, 2.75) is 38.8 Å². The number of ketones is 1. The number of hydrogen-bond donors (Lipinski definition) is 0. The smallest absolute Gasteiger partial charge is 0.313 e. The maximum Gasteiger partial charge on any atom is 0.313 e. The summed E-state index contributed by atoms with van der Waals surface area (Å²) in [5.74, 6) is -0.946. The molecule has 2 heterocycles. The summed E-state index contributed by atoms with van der Waals surface area (Å²) in [6, 6.07) is 0.00940. The number of ether oxygens (including phenoxy) is 1. The van der Waals surface area contributed by atoms with E-state index in [0.29, 0.717) is 0 Å². The average Bonchev–Trinajstić information content (AvgIpc) is 2.85. The van der Waals surface area contributed by atoms with Gasteiger partial charge in [0.15, 0.2) is 11.9 Å². The van der Waals surface area contributed by atoms with Crippen molar-refractivity contribution in [1.29, 1.82) is 0 Å². The Labute approximate surface area is 101 Å². The van der Waals surface area contributed by atoms with Crippen LogP contribution in [-0.2, 0) is 19.2 Å². The van der Waals surface area contributed by atoms with Crippen molar-refractivity contribution in [3.05, 3.63) is 0 Å². The van der Waals surface area contributed by atoms with Gasteiger partial charge in [-0.25, -0.2) is 0 Å². The summed E-state index contributed by atoms with van der Waals surface area (Å²) in [6.07, 6.45) is 1.23. The van der Waals surface area contributed by atoms with E-state index in [0.717, 1.165) is 19.4 Å². The minimum atomic E-state index is -0.659. The Kier molecular flexibility index (Phi) is 3.49. The standard InChI is InChI=1S/C12H19NO4/c1-7(2)10(14)11-9(12(15)16-3)8-5-4-6-13(8)17-11/h7-9,11H,4-6H2,1-3H3/t8-,9-,11-/m1/s1. The number of esters is 1. The topological polar surface area (TPSA) is 55.8 Å². The van der Waals surface area contributed by atoms with Crippen LogP contribution >= 0.6 is 0 Å². The van der Waals surface area contributed by atoms with E-state index in [1.54, 1.807) is 5.06 Å². The van der Waals surface area contributed by atoms with Crippen LogP contribution in [0.2, 0.25) is 0 Å². The van der Waals surface area contributed by atoms with E-state index in [1.807, 2.05) is 13.8 Å². The van der Waals surface area contributed by atoms with Crippen LogP contribution in [0.5, 0.6) is 0 Å². The van der Waals surface area contributed by atoms with Crippen LogP contribution in [-0.4, -0.2) is 42.6 Å². The van der Waals surface area contributed by atoms with E-state index >= 15 is 0 Å². The zero-order valence-electron chi connectivity index (χ0n) is 10.5. The third kappa shape index (κ3) is 2.09. The third-order valence-corrected chi connectivity index (χ3v) is 3.56. The second-order valence-electron chi connectivity index (χ2n) is 4.98. The zero-order valence-corrected chi connectivity index (χ0v) is 10.5. The van der Waals surface area contributed by atoms with Crippen LogP contribution < -0.4 is 0 Å². The van der Waals surface area contributed by atoms with E-state index in [2.05, 4.69) is 0 Å². The zero-order chi connectivity index (χ0) is 12.6. The maximum absolute atomic E-state index is 12.0. The molecule has 0 N–H and O–H groups in total. The van der Waals surface area contributed by atoms with E-state index < -0.39 is 12.0 Å². The average molecular weight is 241 g/mol. The Morgan fingerprint density at radius 2 is 2.12 bits per heavy atom. The number of methoxy groups -OCH3 is 1. The summed E-state index contributed by atoms with van der Waals surface area (Å²) in [4.78, 5) is 29.5. The molecular weight excluding hydrogens is 222 g/mol. The van der Waals surface area contributed by atoms with Crippen molar-refractivity contribution in [3.8, 4) is 0 Å². The lowest BCUT2D eigenvalue weighted by Crippen LogP contribution is -2.39.